The number of benzene rings is 1. The Morgan fingerprint density at radius 2 is 2.00 bits per heavy atom. The Morgan fingerprint density at radius 1 is 1.17 bits per heavy atom. The van der Waals surface area contributed by atoms with Crippen molar-refractivity contribution < 1.29 is 4.42 Å². The molecule has 0 N–H and O–H groups in total. The van der Waals surface area contributed by atoms with Gasteiger partial charge in [0.15, 0.2) is 0 Å². The fourth-order valence-corrected chi connectivity index (χ4v) is 4.21. The van der Waals surface area contributed by atoms with Gasteiger partial charge in [0.05, 0.1) is 23.5 Å². The zero-order valence-electron chi connectivity index (χ0n) is 17.3. The smallest absolute Gasteiger partial charge is 0.123 e. The van der Waals surface area contributed by atoms with Crippen molar-refractivity contribution in [3.63, 3.8) is 0 Å². The highest BCUT2D eigenvalue weighted by molar-refractivity contribution is 6.36. The van der Waals surface area contributed by atoms with E-state index in [4.69, 9.17) is 37.7 Å². The molecule has 0 amide bonds. The summed E-state index contributed by atoms with van der Waals surface area (Å²) < 4.78 is 7.52. The fourth-order valence-electron chi connectivity index (χ4n) is 3.71. The highest BCUT2D eigenvalue weighted by Gasteiger charge is 2.21. The topological polar surface area (TPSA) is 47.1 Å². The van der Waals surface area contributed by atoms with Crippen LogP contribution in [0.3, 0.4) is 0 Å². The molecule has 7 heteroatoms. The molecule has 4 aromatic rings. The van der Waals surface area contributed by atoms with Crippen LogP contribution in [0.1, 0.15) is 31.2 Å². The molecular weight excluding hydrogens is 419 g/mol. The van der Waals surface area contributed by atoms with E-state index in [2.05, 4.69) is 17.9 Å². The summed E-state index contributed by atoms with van der Waals surface area (Å²) in [6.07, 6.45) is 3.90. The molecule has 30 heavy (non-hydrogen) atoms. The number of anilines is 1. The Labute approximate surface area is 186 Å². The van der Waals surface area contributed by atoms with Gasteiger partial charge in [0.1, 0.15) is 22.5 Å². The van der Waals surface area contributed by atoms with Crippen molar-refractivity contribution in [1.82, 2.24) is 14.8 Å². The van der Waals surface area contributed by atoms with Crippen molar-refractivity contribution in [1.29, 1.82) is 0 Å². The summed E-state index contributed by atoms with van der Waals surface area (Å²) in [7, 11) is 1.95. The number of halogens is 2. The maximum Gasteiger partial charge on any atom is 0.123 e. The molecule has 0 aliphatic rings. The van der Waals surface area contributed by atoms with Crippen LogP contribution in [0.4, 0.5) is 5.69 Å². The Bertz CT molecular complexity index is 1170. The number of hydrogen-bond donors (Lipinski definition) is 0. The van der Waals surface area contributed by atoms with Crippen LogP contribution in [0.2, 0.25) is 10.0 Å². The van der Waals surface area contributed by atoms with Crippen molar-refractivity contribution in [3.05, 3.63) is 64.2 Å². The SMILES string of the molecule is CCCCN(Cc1ccco1)c1cc(C)nc2c(-c3ccc(Cl)cc3Cl)nn(C)c12. The van der Waals surface area contributed by atoms with E-state index in [1.54, 1.807) is 12.3 Å². The number of nitrogens with zero attached hydrogens (tertiary/aromatic N) is 4. The summed E-state index contributed by atoms with van der Waals surface area (Å²) in [5, 5.41) is 5.94. The standard InChI is InChI=1S/C23H24Cl2N4O/c1-4-5-10-29(14-17-7-6-11-30-17)20-12-15(2)26-22-21(27-28(3)23(20)22)18-9-8-16(24)13-19(18)25/h6-9,11-13H,4-5,10,14H2,1-3H3. The number of pyridine rings is 1. The molecule has 0 spiro atoms. The number of rotatable bonds is 7. The molecule has 0 fully saturated rings. The number of fused-ring (bicyclic) bond motifs is 1. The largest absolute Gasteiger partial charge is 0.467 e. The van der Waals surface area contributed by atoms with Gasteiger partial charge >= 0.3 is 0 Å². The minimum absolute atomic E-state index is 0.561. The minimum atomic E-state index is 0.561. The zero-order chi connectivity index (χ0) is 21.3. The van der Waals surface area contributed by atoms with Crippen LogP contribution in [0.25, 0.3) is 22.3 Å². The van der Waals surface area contributed by atoms with Gasteiger partial charge in [0, 0.05) is 29.9 Å². The van der Waals surface area contributed by atoms with Gasteiger partial charge in [-0.3, -0.25) is 4.68 Å². The quantitative estimate of drug-likeness (QED) is 0.321. The van der Waals surface area contributed by atoms with Gasteiger partial charge in [-0.2, -0.15) is 5.10 Å². The third kappa shape index (κ3) is 4.05. The highest BCUT2D eigenvalue weighted by atomic mass is 35.5. The van der Waals surface area contributed by atoms with Gasteiger partial charge in [-0.05, 0) is 49.7 Å². The first-order chi connectivity index (χ1) is 14.5. The lowest BCUT2D eigenvalue weighted by atomic mass is 10.1. The summed E-state index contributed by atoms with van der Waals surface area (Å²) in [4.78, 5) is 7.17. The first-order valence-corrected chi connectivity index (χ1v) is 10.8. The molecule has 4 rings (SSSR count). The third-order valence-electron chi connectivity index (χ3n) is 5.13. The lowest BCUT2D eigenvalue weighted by molar-refractivity contribution is 0.500. The van der Waals surface area contributed by atoms with Crippen LogP contribution < -0.4 is 4.90 Å². The van der Waals surface area contributed by atoms with Crippen LogP contribution in [-0.4, -0.2) is 21.3 Å². The first-order valence-electron chi connectivity index (χ1n) is 10.0. The number of aryl methyl sites for hydroxylation is 2. The molecule has 0 saturated heterocycles. The molecular formula is C23H24Cl2N4O. The van der Waals surface area contributed by atoms with Gasteiger partial charge in [-0.1, -0.05) is 36.5 Å². The Kier molecular flexibility index (Phi) is 6.02. The first kappa shape index (κ1) is 20.8. The van der Waals surface area contributed by atoms with E-state index in [9.17, 15) is 0 Å². The van der Waals surface area contributed by atoms with Crippen molar-refractivity contribution in [2.24, 2.45) is 7.05 Å². The Balaban J connectivity index is 1.88. The molecule has 0 radical (unpaired) electrons. The summed E-state index contributed by atoms with van der Waals surface area (Å²) >= 11 is 12.6. The van der Waals surface area contributed by atoms with Crippen molar-refractivity contribution in [2.75, 3.05) is 11.4 Å². The van der Waals surface area contributed by atoms with Gasteiger partial charge in [-0.25, -0.2) is 4.98 Å². The number of aromatic nitrogens is 3. The van der Waals surface area contributed by atoms with Crippen LogP contribution in [-0.2, 0) is 13.6 Å². The van der Waals surface area contributed by atoms with Gasteiger partial charge in [0.2, 0.25) is 0 Å². The second-order valence-corrected chi connectivity index (χ2v) is 8.27. The second kappa shape index (κ2) is 8.70. The van der Waals surface area contributed by atoms with Crippen molar-refractivity contribution in [2.45, 2.75) is 33.2 Å². The van der Waals surface area contributed by atoms with Crippen LogP contribution in [0, 0.1) is 6.92 Å². The van der Waals surface area contributed by atoms with E-state index in [0.29, 0.717) is 16.6 Å². The molecule has 3 heterocycles. The maximum absolute atomic E-state index is 6.49. The van der Waals surface area contributed by atoms with Gasteiger partial charge in [0.25, 0.3) is 0 Å². The Hall–Kier alpha value is -2.50. The predicted octanol–water partition coefficient (Wildman–Crippen LogP) is 6.65. The average Bonchev–Trinajstić information content (AvgIpc) is 3.33. The molecule has 0 aliphatic heterocycles. The lowest BCUT2D eigenvalue weighted by Gasteiger charge is -2.25. The molecule has 0 saturated carbocycles. The zero-order valence-corrected chi connectivity index (χ0v) is 18.8. The van der Waals surface area contributed by atoms with Crippen molar-refractivity contribution >= 4 is 39.9 Å². The second-order valence-electron chi connectivity index (χ2n) is 7.43. The Morgan fingerprint density at radius 3 is 2.70 bits per heavy atom. The van der Waals surface area contributed by atoms with Gasteiger partial charge in [-0.15, -0.1) is 0 Å². The van der Waals surface area contributed by atoms with E-state index in [0.717, 1.165) is 58.8 Å². The molecule has 0 aliphatic carbocycles. The van der Waals surface area contributed by atoms with Crippen LogP contribution in [0.15, 0.2) is 47.1 Å². The number of hydrogen-bond acceptors (Lipinski definition) is 4. The summed E-state index contributed by atoms with van der Waals surface area (Å²) in [6, 6.07) is 11.5. The fraction of sp³-hybridized carbons (Fsp3) is 0.304. The molecule has 156 valence electrons. The molecule has 0 atom stereocenters. The number of furan rings is 1. The molecule has 1 aromatic carbocycles. The predicted molar refractivity (Wildman–Crippen MR) is 123 cm³/mol. The van der Waals surface area contributed by atoms with E-state index >= 15 is 0 Å². The number of unbranched alkanes of at least 4 members (excludes halogenated alkanes) is 1. The van der Waals surface area contributed by atoms with E-state index in [1.807, 2.05) is 42.9 Å². The van der Waals surface area contributed by atoms with Crippen molar-refractivity contribution in [3.8, 4) is 11.3 Å². The monoisotopic (exact) mass is 442 g/mol. The summed E-state index contributed by atoms with van der Waals surface area (Å²) in [5.41, 5.74) is 5.41. The molecule has 0 bridgehead atoms. The maximum atomic E-state index is 6.49. The van der Waals surface area contributed by atoms with Crippen LogP contribution >= 0.6 is 23.2 Å². The average molecular weight is 443 g/mol. The van der Waals surface area contributed by atoms with Crippen LogP contribution in [0.5, 0.6) is 0 Å². The van der Waals surface area contributed by atoms with E-state index in [-0.39, 0.29) is 0 Å². The minimum Gasteiger partial charge on any atom is -0.467 e. The van der Waals surface area contributed by atoms with Gasteiger partial charge < -0.3 is 9.32 Å². The molecule has 5 nitrogen and oxygen atoms in total. The lowest BCUT2D eigenvalue weighted by Crippen LogP contribution is -2.24. The summed E-state index contributed by atoms with van der Waals surface area (Å²) in [6.45, 7) is 5.81. The normalized spacial score (nSPS) is 11.4. The molecule has 0 unspecified atom stereocenters. The van der Waals surface area contributed by atoms with E-state index < -0.39 is 0 Å². The summed E-state index contributed by atoms with van der Waals surface area (Å²) in [5.74, 6) is 0.928. The highest BCUT2D eigenvalue weighted by Crippen LogP contribution is 2.37. The van der Waals surface area contributed by atoms with E-state index in [1.165, 1.54) is 0 Å². The molecule has 3 aromatic heterocycles. The third-order valence-corrected chi connectivity index (χ3v) is 5.68.